The molecule has 2 unspecified atom stereocenters. The first kappa shape index (κ1) is 13.5. The van der Waals surface area contributed by atoms with E-state index in [0.29, 0.717) is 11.9 Å². The van der Waals surface area contributed by atoms with Crippen LogP contribution in [0.4, 0.5) is 10.8 Å². The van der Waals surface area contributed by atoms with E-state index in [9.17, 15) is 0 Å². The lowest BCUT2D eigenvalue weighted by atomic mass is 9.85. The second-order valence-electron chi connectivity index (χ2n) is 6.09. The maximum Gasteiger partial charge on any atom is 0.148 e. The Morgan fingerprint density at radius 3 is 2.95 bits per heavy atom. The third kappa shape index (κ3) is 2.25. The average Bonchev–Trinajstić information content (AvgIpc) is 3.17. The van der Waals surface area contributed by atoms with Gasteiger partial charge >= 0.3 is 0 Å². The first-order valence-corrected chi connectivity index (χ1v) is 9.33. The number of fused-ring (bicyclic) bond motifs is 1. The van der Waals surface area contributed by atoms with Crippen molar-refractivity contribution >= 4 is 33.7 Å². The standard InChI is InChI=1S/C15H20N4S2/c1-9-17-11(8-20-9)13-14(16)18-21-15(13)19-7-6-10-4-2-3-5-12(10)19/h8,10,12H,2-7H2,1H3,(H2,16,18). The van der Waals surface area contributed by atoms with Crippen LogP contribution in [-0.2, 0) is 0 Å². The van der Waals surface area contributed by atoms with Gasteiger partial charge in [-0.25, -0.2) is 4.98 Å². The Labute approximate surface area is 133 Å². The number of aromatic nitrogens is 2. The quantitative estimate of drug-likeness (QED) is 0.911. The molecule has 1 saturated carbocycles. The molecule has 0 radical (unpaired) electrons. The van der Waals surface area contributed by atoms with E-state index in [1.807, 2.05) is 6.92 Å². The number of hydrogen-bond donors (Lipinski definition) is 1. The summed E-state index contributed by atoms with van der Waals surface area (Å²) in [5, 5.41) is 4.43. The van der Waals surface area contributed by atoms with Gasteiger partial charge in [-0.1, -0.05) is 12.8 Å². The van der Waals surface area contributed by atoms with Crippen LogP contribution in [0.1, 0.15) is 37.1 Å². The highest BCUT2D eigenvalue weighted by molar-refractivity contribution is 7.11. The third-order valence-corrected chi connectivity index (χ3v) is 6.52. The van der Waals surface area contributed by atoms with Gasteiger partial charge in [-0.05, 0) is 43.6 Å². The zero-order chi connectivity index (χ0) is 14.4. The molecule has 1 aliphatic carbocycles. The van der Waals surface area contributed by atoms with Crippen molar-refractivity contribution in [2.24, 2.45) is 5.92 Å². The fraction of sp³-hybridized carbons (Fsp3) is 0.600. The van der Waals surface area contributed by atoms with E-state index in [0.717, 1.165) is 28.7 Å². The monoisotopic (exact) mass is 320 g/mol. The van der Waals surface area contributed by atoms with Gasteiger partial charge in [0.05, 0.1) is 16.3 Å². The van der Waals surface area contributed by atoms with Crippen molar-refractivity contribution in [3.05, 3.63) is 10.4 Å². The van der Waals surface area contributed by atoms with Crippen molar-refractivity contribution in [3.63, 3.8) is 0 Å². The fourth-order valence-electron chi connectivity index (χ4n) is 3.87. The van der Waals surface area contributed by atoms with Gasteiger partial charge < -0.3 is 10.6 Å². The highest BCUT2D eigenvalue weighted by atomic mass is 32.1. The second kappa shape index (κ2) is 5.25. The fourth-order valence-corrected chi connectivity index (χ4v) is 5.38. The molecule has 1 saturated heterocycles. The molecule has 2 N–H and O–H groups in total. The van der Waals surface area contributed by atoms with Crippen molar-refractivity contribution in [1.29, 1.82) is 0 Å². The molecule has 2 fully saturated rings. The number of thiazole rings is 1. The number of anilines is 2. The average molecular weight is 320 g/mol. The summed E-state index contributed by atoms with van der Waals surface area (Å²) in [6.45, 7) is 3.18. The minimum Gasteiger partial charge on any atom is -0.382 e. The van der Waals surface area contributed by atoms with E-state index in [2.05, 4.69) is 19.6 Å². The summed E-state index contributed by atoms with van der Waals surface area (Å²) in [5.41, 5.74) is 8.22. The lowest BCUT2D eigenvalue weighted by molar-refractivity contribution is 0.342. The molecule has 0 amide bonds. The molecule has 2 aromatic rings. The van der Waals surface area contributed by atoms with Crippen LogP contribution >= 0.6 is 22.9 Å². The van der Waals surface area contributed by atoms with E-state index >= 15 is 0 Å². The van der Waals surface area contributed by atoms with Gasteiger partial charge in [-0.15, -0.1) is 11.3 Å². The van der Waals surface area contributed by atoms with Crippen LogP contribution in [0.3, 0.4) is 0 Å². The minimum absolute atomic E-state index is 0.638. The summed E-state index contributed by atoms with van der Waals surface area (Å²) < 4.78 is 4.43. The maximum atomic E-state index is 6.16. The van der Waals surface area contributed by atoms with Gasteiger partial charge in [0.25, 0.3) is 0 Å². The van der Waals surface area contributed by atoms with Crippen LogP contribution in [0.2, 0.25) is 0 Å². The van der Waals surface area contributed by atoms with Crippen LogP contribution in [0.15, 0.2) is 5.38 Å². The van der Waals surface area contributed by atoms with E-state index in [1.165, 1.54) is 37.1 Å². The Bertz CT molecular complexity index is 648. The minimum atomic E-state index is 0.638. The van der Waals surface area contributed by atoms with Gasteiger partial charge in [-0.2, -0.15) is 4.37 Å². The summed E-state index contributed by atoms with van der Waals surface area (Å²) >= 11 is 3.23. The van der Waals surface area contributed by atoms with Crippen molar-refractivity contribution < 1.29 is 0 Å². The lowest BCUT2D eigenvalue weighted by Crippen LogP contribution is -2.34. The Hall–Kier alpha value is -1.14. The zero-order valence-corrected chi connectivity index (χ0v) is 13.8. The molecule has 2 aromatic heterocycles. The molecule has 3 heterocycles. The Morgan fingerprint density at radius 1 is 1.29 bits per heavy atom. The molecule has 2 aliphatic rings. The summed E-state index contributed by atoms with van der Waals surface area (Å²) in [5.74, 6) is 1.51. The summed E-state index contributed by atoms with van der Waals surface area (Å²) in [4.78, 5) is 7.20. The van der Waals surface area contributed by atoms with Crippen molar-refractivity contribution in [2.45, 2.75) is 45.1 Å². The van der Waals surface area contributed by atoms with Gasteiger partial charge in [0.15, 0.2) is 0 Å². The first-order valence-electron chi connectivity index (χ1n) is 7.68. The summed E-state index contributed by atoms with van der Waals surface area (Å²) in [7, 11) is 0. The molecule has 0 bridgehead atoms. The van der Waals surface area contributed by atoms with Gasteiger partial charge in [0.1, 0.15) is 10.8 Å². The number of rotatable bonds is 2. The van der Waals surface area contributed by atoms with E-state index < -0.39 is 0 Å². The zero-order valence-electron chi connectivity index (χ0n) is 12.2. The Balaban J connectivity index is 1.73. The molecular weight excluding hydrogens is 300 g/mol. The smallest absolute Gasteiger partial charge is 0.148 e. The Kier molecular flexibility index (Phi) is 3.38. The largest absolute Gasteiger partial charge is 0.382 e. The Morgan fingerprint density at radius 2 is 2.14 bits per heavy atom. The predicted molar refractivity (Wildman–Crippen MR) is 90.1 cm³/mol. The van der Waals surface area contributed by atoms with Crippen LogP contribution in [0, 0.1) is 12.8 Å². The van der Waals surface area contributed by atoms with Crippen molar-refractivity contribution in [3.8, 4) is 11.3 Å². The van der Waals surface area contributed by atoms with E-state index in [1.54, 1.807) is 22.9 Å². The molecule has 2 atom stereocenters. The molecule has 1 aliphatic heterocycles. The number of nitrogens with zero attached hydrogens (tertiary/aromatic N) is 3. The predicted octanol–water partition coefficient (Wildman–Crippen LogP) is 3.93. The topological polar surface area (TPSA) is 55.0 Å². The van der Waals surface area contributed by atoms with Crippen LogP contribution < -0.4 is 10.6 Å². The third-order valence-electron chi connectivity index (χ3n) is 4.85. The molecule has 0 aromatic carbocycles. The van der Waals surface area contributed by atoms with Crippen molar-refractivity contribution in [1.82, 2.24) is 9.36 Å². The summed E-state index contributed by atoms with van der Waals surface area (Å²) in [6.07, 6.45) is 6.78. The number of nitrogen functional groups attached to an aromatic ring is 1. The SMILES string of the molecule is Cc1nc(-c2c(N)nsc2N2CCC3CCCCC32)cs1. The van der Waals surface area contributed by atoms with Crippen LogP contribution in [-0.4, -0.2) is 21.9 Å². The lowest BCUT2D eigenvalue weighted by Gasteiger charge is -2.32. The second-order valence-corrected chi connectivity index (χ2v) is 7.91. The van der Waals surface area contributed by atoms with Crippen LogP contribution in [0.5, 0.6) is 0 Å². The summed E-state index contributed by atoms with van der Waals surface area (Å²) in [6, 6.07) is 0.692. The van der Waals surface area contributed by atoms with E-state index in [-0.39, 0.29) is 0 Å². The molecule has 112 valence electrons. The molecule has 4 rings (SSSR count). The maximum absolute atomic E-state index is 6.16. The molecule has 0 spiro atoms. The first-order chi connectivity index (χ1) is 10.2. The van der Waals surface area contributed by atoms with Crippen molar-refractivity contribution in [2.75, 3.05) is 17.2 Å². The molecule has 4 nitrogen and oxygen atoms in total. The highest BCUT2D eigenvalue weighted by Crippen LogP contribution is 2.46. The molecule has 6 heteroatoms. The number of nitrogens with two attached hydrogens (primary N) is 1. The van der Waals surface area contributed by atoms with Crippen LogP contribution in [0.25, 0.3) is 11.3 Å². The van der Waals surface area contributed by atoms with E-state index in [4.69, 9.17) is 5.73 Å². The number of aryl methyl sites for hydroxylation is 1. The van der Waals surface area contributed by atoms with Gasteiger partial charge in [-0.3, -0.25) is 0 Å². The normalized spacial score (nSPS) is 25.3. The van der Waals surface area contributed by atoms with Gasteiger partial charge in [0, 0.05) is 18.0 Å². The highest BCUT2D eigenvalue weighted by Gasteiger charge is 2.38. The number of hydrogen-bond acceptors (Lipinski definition) is 6. The van der Waals surface area contributed by atoms with Gasteiger partial charge in [0.2, 0.25) is 0 Å². The molecule has 21 heavy (non-hydrogen) atoms. The molecular formula is C15H20N4S2.